The average Bonchev–Trinajstić information content (AvgIpc) is 3.38. The van der Waals surface area contributed by atoms with Gasteiger partial charge in [-0.25, -0.2) is 0 Å². The number of hydrogen-bond donors (Lipinski definition) is 1. The van der Waals surface area contributed by atoms with Crippen LogP contribution in [0.2, 0.25) is 0 Å². The summed E-state index contributed by atoms with van der Waals surface area (Å²) < 4.78 is 37.0. The summed E-state index contributed by atoms with van der Waals surface area (Å²) in [6, 6.07) is 5.80. The lowest BCUT2D eigenvalue weighted by atomic mass is 10.2. The minimum absolute atomic E-state index is 0.0185. The monoisotopic (exact) mass is 387 g/mol. The summed E-state index contributed by atoms with van der Waals surface area (Å²) in [6.07, 6.45) is 2.10. The average molecular weight is 387 g/mol. The maximum absolute atomic E-state index is 12.5. The highest BCUT2D eigenvalue weighted by atomic mass is 32.2. The van der Waals surface area contributed by atoms with Gasteiger partial charge in [-0.15, -0.1) is 0 Å². The Labute approximate surface area is 153 Å². The third kappa shape index (κ3) is 5.63. The number of thioether (sulfide) groups is 1. The van der Waals surface area contributed by atoms with E-state index in [1.165, 1.54) is 24.3 Å². The third-order valence-corrected chi connectivity index (χ3v) is 5.04. The predicted molar refractivity (Wildman–Crippen MR) is 91.9 cm³/mol. The minimum atomic E-state index is -4.34. The molecule has 1 heterocycles. The fourth-order valence-electron chi connectivity index (χ4n) is 2.79. The molecule has 1 N–H and O–H groups in total. The fourth-order valence-corrected chi connectivity index (χ4v) is 3.33. The number of amides is 2. The highest BCUT2D eigenvalue weighted by Gasteiger charge is 2.30. The molecule has 142 valence electrons. The number of alkyl halides is 3. The number of nitrogens with zero attached hydrogens (tertiary/aromatic N) is 2. The van der Waals surface area contributed by atoms with Gasteiger partial charge >= 0.3 is 5.51 Å². The van der Waals surface area contributed by atoms with Crippen LogP contribution in [0.15, 0.2) is 29.2 Å². The van der Waals surface area contributed by atoms with Gasteiger partial charge in [-0.1, -0.05) is 0 Å². The van der Waals surface area contributed by atoms with Gasteiger partial charge in [0.05, 0.1) is 6.54 Å². The molecule has 2 aliphatic rings. The second-order valence-electron chi connectivity index (χ2n) is 6.48. The quantitative estimate of drug-likeness (QED) is 0.788. The van der Waals surface area contributed by atoms with Gasteiger partial charge in [-0.3, -0.25) is 14.5 Å². The SMILES string of the molecule is O=C(CN1CCN(C(=O)c2ccc(SC(F)(F)F)cc2)CC1)NC1CC1. The fraction of sp³-hybridized carbons (Fsp3) is 0.529. The molecular weight excluding hydrogens is 367 g/mol. The van der Waals surface area contributed by atoms with Gasteiger partial charge in [0.1, 0.15) is 0 Å². The van der Waals surface area contributed by atoms with Crippen molar-refractivity contribution in [3.05, 3.63) is 29.8 Å². The Balaban J connectivity index is 1.47. The van der Waals surface area contributed by atoms with Crippen molar-refractivity contribution < 1.29 is 22.8 Å². The summed E-state index contributed by atoms with van der Waals surface area (Å²) in [5.41, 5.74) is -3.97. The smallest absolute Gasteiger partial charge is 0.352 e. The molecule has 1 aromatic carbocycles. The van der Waals surface area contributed by atoms with Crippen LogP contribution in [0, 0.1) is 0 Å². The Morgan fingerprint density at radius 2 is 1.69 bits per heavy atom. The second kappa shape index (κ2) is 7.87. The highest BCUT2D eigenvalue weighted by molar-refractivity contribution is 8.00. The molecule has 1 aliphatic heterocycles. The van der Waals surface area contributed by atoms with Crippen LogP contribution in [-0.4, -0.2) is 65.9 Å². The molecule has 3 rings (SSSR count). The standard InChI is InChI=1S/C17H20F3N3O2S/c18-17(19,20)26-14-5-1-12(2-6-14)16(25)23-9-7-22(8-10-23)11-15(24)21-13-3-4-13/h1-2,5-6,13H,3-4,7-11H2,(H,21,24). The molecule has 0 unspecified atom stereocenters. The van der Waals surface area contributed by atoms with Crippen molar-refractivity contribution in [3.63, 3.8) is 0 Å². The molecule has 26 heavy (non-hydrogen) atoms. The van der Waals surface area contributed by atoms with Crippen molar-refractivity contribution in [1.29, 1.82) is 0 Å². The zero-order valence-corrected chi connectivity index (χ0v) is 14.9. The van der Waals surface area contributed by atoms with E-state index in [1.54, 1.807) is 4.90 Å². The van der Waals surface area contributed by atoms with Crippen molar-refractivity contribution in [2.45, 2.75) is 29.3 Å². The number of rotatable bonds is 5. The maximum Gasteiger partial charge on any atom is 0.446 e. The van der Waals surface area contributed by atoms with Crippen molar-refractivity contribution in [2.24, 2.45) is 0 Å². The van der Waals surface area contributed by atoms with Gasteiger partial charge in [0.15, 0.2) is 0 Å². The first-order valence-electron chi connectivity index (χ1n) is 8.47. The van der Waals surface area contributed by atoms with E-state index in [0.29, 0.717) is 44.3 Å². The second-order valence-corrected chi connectivity index (χ2v) is 7.62. The van der Waals surface area contributed by atoms with E-state index < -0.39 is 5.51 Å². The molecule has 9 heteroatoms. The molecule has 0 atom stereocenters. The van der Waals surface area contributed by atoms with Crippen LogP contribution in [0.5, 0.6) is 0 Å². The molecule has 2 amide bonds. The first kappa shape index (κ1) is 19.0. The van der Waals surface area contributed by atoms with Crippen LogP contribution in [0.25, 0.3) is 0 Å². The van der Waals surface area contributed by atoms with Gasteiger partial charge in [0, 0.05) is 42.7 Å². The molecule has 1 saturated carbocycles. The summed E-state index contributed by atoms with van der Waals surface area (Å²) >= 11 is -0.198. The number of carbonyl (C=O) groups is 2. The Morgan fingerprint density at radius 1 is 1.08 bits per heavy atom. The number of nitrogens with one attached hydrogen (secondary N) is 1. The van der Waals surface area contributed by atoms with E-state index in [-0.39, 0.29) is 28.5 Å². The topological polar surface area (TPSA) is 52.7 Å². The Kier molecular flexibility index (Phi) is 5.76. The molecule has 0 bridgehead atoms. The van der Waals surface area contributed by atoms with E-state index in [4.69, 9.17) is 0 Å². The zero-order chi connectivity index (χ0) is 18.7. The lowest BCUT2D eigenvalue weighted by Gasteiger charge is -2.34. The minimum Gasteiger partial charge on any atom is -0.352 e. The van der Waals surface area contributed by atoms with Gasteiger partial charge in [0.25, 0.3) is 5.91 Å². The van der Waals surface area contributed by atoms with E-state index in [0.717, 1.165) is 12.8 Å². The van der Waals surface area contributed by atoms with E-state index in [1.807, 2.05) is 4.90 Å². The molecular formula is C17H20F3N3O2S. The Hall–Kier alpha value is -1.74. The first-order valence-corrected chi connectivity index (χ1v) is 9.28. The first-order chi connectivity index (χ1) is 12.3. The van der Waals surface area contributed by atoms with Crippen LogP contribution in [0.4, 0.5) is 13.2 Å². The van der Waals surface area contributed by atoms with Crippen molar-refractivity contribution in [3.8, 4) is 0 Å². The molecule has 1 aliphatic carbocycles. The number of hydrogen-bond acceptors (Lipinski definition) is 4. The number of halogens is 3. The van der Waals surface area contributed by atoms with Crippen LogP contribution in [0.1, 0.15) is 23.2 Å². The van der Waals surface area contributed by atoms with Gasteiger partial charge < -0.3 is 10.2 Å². The van der Waals surface area contributed by atoms with Gasteiger partial charge in [-0.05, 0) is 48.9 Å². The lowest BCUT2D eigenvalue weighted by Crippen LogP contribution is -2.51. The van der Waals surface area contributed by atoms with Gasteiger partial charge in [-0.2, -0.15) is 13.2 Å². The Bertz CT molecular complexity index is 654. The van der Waals surface area contributed by atoms with E-state index >= 15 is 0 Å². The summed E-state index contributed by atoms with van der Waals surface area (Å²) in [5.74, 6) is -0.180. The summed E-state index contributed by atoms with van der Waals surface area (Å²) in [6.45, 7) is 2.53. The normalized spacial score (nSPS) is 18.7. The molecule has 1 saturated heterocycles. The van der Waals surface area contributed by atoms with E-state index in [2.05, 4.69) is 5.32 Å². The van der Waals surface area contributed by atoms with Crippen molar-refractivity contribution in [2.75, 3.05) is 32.7 Å². The zero-order valence-electron chi connectivity index (χ0n) is 14.1. The predicted octanol–water partition coefficient (Wildman–Crippen LogP) is 2.33. The van der Waals surface area contributed by atoms with Crippen LogP contribution < -0.4 is 5.32 Å². The highest BCUT2D eigenvalue weighted by Crippen LogP contribution is 2.36. The van der Waals surface area contributed by atoms with Crippen molar-refractivity contribution >= 4 is 23.6 Å². The number of carbonyl (C=O) groups excluding carboxylic acids is 2. The molecule has 0 radical (unpaired) electrons. The number of benzene rings is 1. The van der Waals surface area contributed by atoms with Gasteiger partial charge in [0.2, 0.25) is 5.91 Å². The van der Waals surface area contributed by atoms with E-state index in [9.17, 15) is 22.8 Å². The number of piperazine rings is 1. The molecule has 0 aromatic heterocycles. The molecule has 2 fully saturated rings. The summed E-state index contributed by atoms with van der Waals surface area (Å²) in [7, 11) is 0. The van der Waals surface area contributed by atoms with Crippen LogP contribution in [0.3, 0.4) is 0 Å². The maximum atomic E-state index is 12.5. The summed E-state index contributed by atoms with van der Waals surface area (Å²) in [5, 5.41) is 2.94. The molecule has 5 nitrogen and oxygen atoms in total. The lowest BCUT2D eigenvalue weighted by molar-refractivity contribution is -0.122. The largest absolute Gasteiger partial charge is 0.446 e. The molecule has 1 aromatic rings. The third-order valence-electron chi connectivity index (χ3n) is 4.30. The van der Waals surface area contributed by atoms with Crippen LogP contribution in [-0.2, 0) is 4.79 Å². The Morgan fingerprint density at radius 3 is 2.23 bits per heavy atom. The van der Waals surface area contributed by atoms with Crippen LogP contribution >= 0.6 is 11.8 Å². The van der Waals surface area contributed by atoms with Crippen molar-refractivity contribution in [1.82, 2.24) is 15.1 Å². The molecule has 0 spiro atoms. The summed E-state index contributed by atoms with van der Waals surface area (Å²) in [4.78, 5) is 28.0.